The molecule has 0 fully saturated rings. The number of nitrogens with one attached hydrogen (secondary N) is 1. The van der Waals surface area contributed by atoms with Gasteiger partial charge in [-0.15, -0.1) is 0 Å². The van der Waals surface area contributed by atoms with Gasteiger partial charge in [-0.25, -0.2) is 4.68 Å². The summed E-state index contributed by atoms with van der Waals surface area (Å²) in [7, 11) is 1.72. The van der Waals surface area contributed by atoms with Crippen molar-refractivity contribution in [2.75, 3.05) is 12.4 Å². The molecule has 0 saturated heterocycles. The molecule has 2 rings (SSSR count). The standard InChI is InChI=1S/C11H10F3N3/c1-15-9-6-16-17(7-9)10-4-2-3-8(5-10)11(12,13)14/h2-7,15H,1H3. The minimum absolute atomic E-state index is 0.376. The minimum Gasteiger partial charge on any atom is -0.386 e. The van der Waals surface area contributed by atoms with Crippen LogP contribution in [-0.2, 0) is 6.18 Å². The molecule has 2 aromatic rings. The van der Waals surface area contributed by atoms with E-state index in [4.69, 9.17) is 0 Å². The van der Waals surface area contributed by atoms with Gasteiger partial charge in [0.2, 0.25) is 0 Å². The highest BCUT2D eigenvalue weighted by molar-refractivity contribution is 5.43. The SMILES string of the molecule is CNc1cnn(-c2cccc(C(F)(F)F)c2)c1. The lowest BCUT2D eigenvalue weighted by atomic mass is 10.2. The summed E-state index contributed by atoms with van der Waals surface area (Å²) in [5.41, 5.74) is 0.431. The van der Waals surface area contributed by atoms with Crippen LogP contribution < -0.4 is 5.32 Å². The maximum Gasteiger partial charge on any atom is 0.416 e. The fraction of sp³-hybridized carbons (Fsp3) is 0.182. The second kappa shape index (κ2) is 4.12. The quantitative estimate of drug-likeness (QED) is 0.876. The topological polar surface area (TPSA) is 29.9 Å². The lowest BCUT2D eigenvalue weighted by Gasteiger charge is -2.08. The Bertz CT molecular complexity index is 517. The Balaban J connectivity index is 2.39. The molecule has 3 nitrogen and oxygen atoms in total. The van der Waals surface area contributed by atoms with Gasteiger partial charge in [0.05, 0.1) is 29.3 Å². The Morgan fingerprint density at radius 1 is 1.29 bits per heavy atom. The van der Waals surface area contributed by atoms with Crippen molar-refractivity contribution in [2.45, 2.75) is 6.18 Å². The summed E-state index contributed by atoms with van der Waals surface area (Å²) in [5, 5.41) is 6.82. The van der Waals surface area contributed by atoms with Gasteiger partial charge in [-0.05, 0) is 18.2 Å². The van der Waals surface area contributed by atoms with Crippen LogP contribution in [0.3, 0.4) is 0 Å². The van der Waals surface area contributed by atoms with Gasteiger partial charge in [-0.1, -0.05) is 6.07 Å². The molecule has 0 amide bonds. The average molecular weight is 241 g/mol. The van der Waals surface area contributed by atoms with Crippen molar-refractivity contribution in [3.63, 3.8) is 0 Å². The van der Waals surface area contributed by atoms with E-state index in [2.05, 4.69) is 10.4 Å². The predicted octanol–water partition coefficient (Wildman–Crippen LogP) is 2.93. The molecule has 0 atom stereocenters. The number of rotatable bonds is 2. The van der Waals surface area contributed by atoms with Crippen molar-refractivity contribution in [3.8, 4) is 5.69 Å². The van der Waals surface area contributed by atoms with Crippen molar-refractivity contribution >= 4 is 5.69 Å². The normalized spacial score (nSPS) is 11.5. The van der Waals surface area contributed by atoms with Gasteiger partial charge in [0.15, 0.2) is 0 Å². The molecule has 1 N–H and O–H groups in total. The number of benzene rings is 1. The van der Waals surface area contributed by atoms with Crippen molar-refractivity contribution in [1.82, 2.24) is 9.78 Å². The fourth-order valence-electron chi connectivity index (χ4n) is 1.42. The number of hydrogen-bond donors (Lipinski definition) is 1. The molecule has 90 valence electrons. The minimum atomic E-state index is -4.34. The Kier molecular flexibility index (Phi) is 2.79. The third-order valence-electron chi connectivity index (χ3n) is 2.31. The van der Waals surface area contributed by atoms with Crippen LogP contribution in [0, 0.1) is 0 Å². The molecule has 17 heavy (non-hydrogen) atoms. The van der Waals surface area contributed by atoms with Gasteiger partial charge in [0.25, 0.3) is 0 Å². The molecule has 0 unspecified atom stereocenters. The number of anilines is 1. The molecule has 6 heteroatoms. The first-order valence-corrected chi connectivity index (χ1v) is 4.91. The summed E-state index contributed by atoms with van der Waals surface area (Å²) < 4.78 is 38.9. The molecule has 0 aliphatic carbocycles. The van der Waals surface area contributed by atoms with Gasteiger partial charge >= 0.3 is 6.18 Å². The maximum atomic E-state index is 12.5. The number of aromatic nitrogens is 2. The van der Waals surface area contributed by atoms with Gasteiger partial charge in [-0.3, -0.25) is 0 Å². The van der Waals surface area contributed by atoms with E-state index in [-0.39, 0.29) is 0 Å². The van der Waals surface area contributed by atoms with Crippen molar-refractivity contribution in [3.05, 3.63) is 42.2 Å². The molecule has 0 spiro atoms. The first-order valence-electron chi connectivity index (χ1n) is 4.91. The highest BCUT2D eigenvalue weighted by Crippen LogP contribution is 2.30. The van der Waals surface area contributed by atoms with Gasteiger partial charge < -0.3 is 5.32 Å². The molecule has 0 aliphatic rings. The summed E-state index contributed by atoms with van der Waals surface area (Å²) in [6.07, 6.45) is -1.18. The van der Waals surface area contributed by atoms with Crippen LogP contribution in [0.1, 0.15) is 5.56 Å². The van der Waals surface area contributed by atoms with Crippen LogP contribution >= 0.6 is 0 Å². The number of nitrogens with zero attached hydrogens (tertiary/aromatic N) is 2. The number of alkyl halides is 3. The van der Waals surface area contributed by atoms with E-state index in [1.54, 1.807) is 25.5 Å². The van der Waals surface area contributed by atoms with Crippen molar-refractivity contribution in [2.24, 2.45) is 0 Å². The summed E-state index contributed by atoms with van der Waals surface area (Å²) >= 11 is 0. The lowest BCUT2D eigenvalue weighted by molar-refractivity contribution is -0.137. The third-order valence-corrected chi connectivity index (χ3v) is 2.31. The van der Waals surface area contributed by atoms with Crippen LogP contribution in [0.15, 0.2) is 36.7 Å². The highest BCUT2D eigenvalue weighted by Gasteiger charge is 2.30. The van der Waals surface area contributed by atoms with Crippen LogP contribution in [0.5, 0.6) is 0 Å². The second-order valence-corrected chi connectivity index (χ2v) is 3.47. The van der Waals surface area contributed by atoms with Crippen molar-refractivity contribution < 1.29 is 13.2 Å². The molecular formula is C11H10F3N3. The van der Waals surface area contributed by atoms with E-state index in [0.717, 1.165) is 17.8 Å². The van der Waals surface area contributed by atoms with E-state index in [1.807, 2.05) is 0 Å². The van der Waals surface area contributed by atoms with E-state index >= 15 is 0 Å². The maximum absolute atomic E-state index is 12.5. The molecule has 1 heterocycles. The summed E-state index contributed by atoms with van der Waals surface area (Å²) in [6.45, 7) is 0. The molecular weight excluding hydrogens is 231 g/mol. The zero-order valence-electron chi connectivity index (χ0n) is 8.99. The Morgan fingerprint density at radius 2 is 2.06 bits per heavy atom. The monoisotopic (exact) mass is 241 g/mol. The van der Waals surface area contributed by atoms with Crippen LogP contribution in [-0.4, -0.2) is 16.8 Å². The van der Waals surface area contributed by atoms with Gasteiger partial charge in [0.1, 0.15) is 0 Å². The van der Waals surface area contributed by atoms with E-state index in [9.17, 15) is 13.2 Å². The van der Waals surface area contributed by atoms with Gasteiger partial charge in [-0.2, -0.15) is 18.3 Å². The largest absolute Gasteiger partial charge is 0.416 e. The first-order chi connectivity index (χ1) is 8.00. The predicted molar refractivity (Wildman–Crippen MR) is 58.1 cm³/mol. The summed E-state index contributed by atoms with van der Waals surface area (Å²) in [4.78, 5) is 0. The molecule has 0 radical (unpaired) electrons. The number of hydrogen-bond acceptors (Lipinski definition) is 2. The lowest BCUT2D eigenvalue weighted by Crippen LogP contribution is -2.06. The molecule has 0 saturated carbocycles. The zero-order valence-corrected chi connectivity index (χ0v) is 8.99. The van der Waals surface area contributed by atoms with Crippen LogP contribution in [0.4, 0.5) is 18.9 Å². The van der Waals surface area contributed by atoms with Crippen LogP contribution in [0.25, 0.3) is 5.69 Å². The summed E-state index contributed by atoms with van der Waals surface area (Å²) in [6, 6.07) is 5.03. The Morgan fingerprint density at radius 3 is 2.65 bits per heavy atom. The van der Waals surface area contributed by atoms with E-state index in [1.165, 1.54) is 10.7 Å². The first kappa shape index (κ1) is 11.5. The molecule has 0 aliphatic heterocycles. The second-order valence-electron chi connectivity index (χ2n) is 3.47. The van der Waals surface area contributed by atoms with Gasteiger partial charge in [0, 0.05) is 7.05 Å². The van der Waals surface area contributed by atoms with Crippen LogP contribution in [0.2, 0.25) is 0 Å². The Hall–Kier alpha value is -1.98. The molecule has 0 bridgehead atoms. The third kappa shape index (κ3) is 2.41. The highest BCUT2D eigenvalue weighted by atomic mass is 19.4. The van der Waals surface area contributed by atoms with Crippen molar-refractivity contribution in [1.29, 1.82) is 0 Å². The van der Waals surface area contributed by atoms with E-state index in [0.29, 0.717) is 5.69 Å². The Labute approximate surface area is 95.9 Å². The molecule has 1 aromatic carbocycles. The molecule has 1 aromatic heterocycles. The average Bonchev–Trinajstić information content (AvgIpc) is 2.76. The zero-order chi connectivity index (χ0) is 12.5. The van der Waals surface area contributed by atoms with E-state index < -0.39 is 11.7 Å². The fourth-order valence-corrected chi connectivity index (χ4v) is 1.42. The number of halogens is 3. The smallest absolute Gasteiger partial charge is 0.386 e. The summed E-state index contributed by atoms with van der Waals surface area (Å²) in [5.74, 6) is 0.